The predicted octanol–water partition coefficient (Wildman–Crippen LogP) is 1.44. The molecule has 0 saturated carbocycles. The Morgan fingerprint density at radius 2 is 1.97 bits per heavy atom. The van der Waals surface area contributed by atoms with Crippen LogP contribution in [0.25, 0.3) is 0 Å². The van der Waals surface area contributed by atoms with Crippen LogP contribution in [0.1, 0.15) is 50.3 Å². The number of amides is 1. The summed E-state index contributed by atoms with van der Waals surface area (Å²) in [6.45, 7) is 6.63. The number of piperidine rings is 1. The van der Waals surface area contributed by atoms with Gasteiger partial charge in [-0.25, -0.2) is 13.1 Å². The number of hydrogen-bond donors (Lipinski definition) is 1. The molecule has 29 heavy (non-hydrogen) atoms. The third-order valence-electron chi connectivity index (χ3n) is 6.44. The number of nitrogens with zero attached hydrogens (tertiary/aromatic N) is 4. The molecule has 1 aromatic heterocycles. The lowest BCUT2D eigenvalue weighted by Crippen LogP contribution is -2.44. The molecule has 8 nitrogen and oxygen atoms in total. The molecular weight excluding hydrogens is 390 g/mol. The van der Waals surface area contributed by atoms with Crippen LogP contribution in [0.5, 0.6) is 0 Å². The normalized spacial score (nSPS) is 28.0. The highest BCUT2D eigenvalue weighted by molar-refractivity contribution is 7.91. The Kier molecular flexibility index (Phi) is 6.27. The predicted molar refractivity (Wildman–Crippen MR) is 113 cm³/mol. The van der Waals surface area contributed by atoms with Crippen LogP contribution in [-0.2, 0) is 14.6 Å². The summed E-state index contributed by atoms with van der Waals surface area (Å²) in [5.74, 6) is 0.857. The number of nitrogens with one attached hydrogen (secondary N) is 1. The number of hydrogen-bond acceptors (Lipinski definition) is 6. The average molecular weight is 424 g/mol. The maximum atomic E-state index is 12.8. The molecule has 1 amide bonds. The molecule has 0 aliphatic carbocycles. The molecule has 3 fully saturated rings. The van der Waals surface area contributed by atoms with Crippen molar-refractivity contribution in [3.05, 3.63) is 11.8 Å². The topological polar surface area (TPSA) is 87.5 Å². The zero-order chi connectivity index (χ0) is 20.4. The summed E-state index contributed by atoms with van der Waals surface area (Å²) in [7, 11) is -3.01. The van der Waals surface area contributed by atoms with Crippen molar-refractivity contribution in [2.45, 2.75) is 57.5 Å². The number of aromatic nitrogens is 2. The lowest BCUT2D eigenvalue weighted by atomic mass is 10.1. The van der Waals surface area contributed by atoms with Crippen molar-refractivity contribution in [1.29, 1.82) is 0 Å². The molecule has 3 aliphatic heterocycles. The van der Waals surface area contributed by atoms with Crippen LogP contribution in [0.3, 0.4) is 0 Å². The number of sulfone groups is 1. The molecule has 4 heterocycles. The first kappa shape index (κ1) is 20.8. The van der Waals surface area contributed by atoms with Gasteiger partial charge < -0.3 is 10.2 Å². The molecule has 4 rings (SSSR count). The zero-order valence-electron chi connectivity index (χ0n) is 17.3. The number of carbonyl (C=O) groups excluding carboxylic acids is 1. The molecule has 9 heteroatoms. The Hall–Kier alpha value is -1.45. The van der Waals surface area contributed by atoms with Crippen molar-refractivity contribution in [2.75, 3.05) is 49.5 Å². The van der Waals surface area contributed by atoms with Gasteiger partial charge in [-0.05, 0) is 58.7 Å². The van der Waals surface area contributed by atoms with Gasteiger partial charge in [0, 0.05) is 18.7 Å². The van der Waals surface area contributed by atoms with Crippen LogP contribution in [-0.4, -0.2) is 84.2 Å². The van der Waals surface area contributed by atoms with E-state index in [1.54, 1.807) is 4.68 Å². The maximum Gasteiger partial charge on any atom is 0.239 e. The van der Waals surface area contributed by atoms with Gasteiger partial charge in [0.1, 0.15) is 5.82 Å². The minimum absolute atomic E-state index is 0.0439. The second kappa shape index (κ2) is 8.73. The summed E-state index contributed by atoms with van der Waals surface area (Å²) >= 11 is 0. The van der Waals surface area contributed by atoms with E-state index < -0.39 is 9.84 Å². The SMILES string of the molecule is Cc1cc(NC(=O)CN2CCC[C@H]2CN2CCCCC2)n([C@@H]2CCS(=O)(=O)C2)n1. The van der Waals surface area contributed by atoms with Gasteiger partial charge in [0.05, 0.1) is 29.8 Å². The summed E-state index contributed by atoms with van der Waals surface area (Å²) < 4.78 is 25.4. The molecule has 0 radical (unpaired) electrons. The highest BCUT2D eigenvalue weighted by Crippen LogP contribution is 2.27. The molecule has 0 unspecified atom stereocenters. The monoisotopic (exact) mass is 423 g/mol. The van der Waals surface area contributed by atoms with Gasteiger partial charge in [-0.15, -0.1) is 0 Å². The van der Waals surface area contributed by atoms with Crippen LogP contribution in [0, 0.1) is 6.92 Å². The fourth-order valence-electron chi connectivity index (χ4n) is 4.97. The van der Waals surface area contributed by atoms with E-state index in [9.17, 15) is 13.2 Å². The molecule has 1 N–H and O–H groups in total. The van der Waals surface area contributed by atoms with Crippen molar-refractivity contribution in [1.82, 2.24) is 19.6 Å². The summed E-state index contributed by atoms with van der Waals surface area (Å²) in [6, 6.07) is 2.09. The minimum Gasteiger partial charge on any atom is -0.310 e. The van der Waals surface area contributed by atoms with Crippen molar-refractivity contribution in [3.63, 3.8) is 0 Å². The second-order valence-corrected chi connectivity index (χ2v) is 11.1. The van der Waals surface area contributed by atoms with E-state index in [1.807, 2.05) is 13.0 Å². The van der Waals surface area contributed by atoms with E-state index in [4.69, 9.17) is 0 Å². The summed E-state index contributed by atoms with van der Waals surface area (Å²) in [5, 5.41) is 7.45. The number of carbonyl (C=O) groups is 1. The Bertz CT molecular complexity index is 831. The molecule has 2 atom stereocenters. The first-order valence-electron chi connectivity index (χ1n) is 10.9. The Labute approximate surface area is 173 Å². The average Bonchev–Trinajstić information content (AvgIpc) is 3.35. The number of likely N-dealkylation sites (tertiary alicyclic amines) is 2. The van der Waals surface area contributed by atoms with E-state index in [0.717, 1.165) is 31.6 Å². The summed E-state index contributed by atoms with van der Waals surface area (Å²) in [5.41, 5.74) is 0.786. The quantitative estimate of drug-likeness (QED) is 0.745. The fraction of sp³-hybridized carbons (Fsp3) is 0.800. The third kappa shape index (κ3) is 5.19. The van der Waals surface area contributed by atoms with Gasteiger partial charge in [0.15, 0.2) is 9.84 Å². The van der Waals surface area contributed by atoms with E-state index >= 15 is 0 Å². The molecular formula is C20H33N5O3S. The van der Waals surface area contributed by atoms with E-state index in [2.05, 4.69) is 20.2 Å². The largest absolute Gasteiger partial charge is 0.310 e. The first-order valence-corrected chi connectivity index (χ1v) is 12.7. The van der Waals surface area contributed by atoms with Crippen molar-refractivity contribution >= 4 is 21.6 Å². The highest BCUT2D eigenvalue weighted by atomic mass is 32.2. The zero-order valence-corrected chi connectivity index (χ0v) is 18.2. The molecule has 3 aliphatic rings. The van der Waals surface area contributed by atoms with Crippen LogP contribution >= 0.6 is 0 Å². The van der Waals surface area contributed by atoms with E-state index in [0.29, 0.717) is 24.8 Å². The van der Waals surface area contributed by atoms with E-state index in [-0.39, 0.29) is 23.5 Å². The summed E-state index contributed by atoms with van der Waals surface area (Å²) in [6.07, 6.45) is 6.75. The van der Waals surface area contributed by atoms with Gasteiger partial charge in [0.2, 0.25) is 5.91 Å². The van der Waals surface area contributed by atoms with Crippen LogP contribution in [0.15, 0.2) is 6.07 Å². The lowest BCUT2D eigenvalue weighted by molar-refractivity contribution is -0.117. The molecule has 0 bridgehead atoms. The third-order valence-corrected chi connectivity index (χ3v) is 8.19. The standard InChI is InChI=1S/C20H33N5O3S/c1-16-12-19(25(22-16)18-7-11-29(27,28)15-18)21-20(26)14-24-10-5-6-17(24)13-23-8-3-2-4-9-23/h12,17-18H,2-11,13-15H2,1H3,(H,21,26)/t17-,18+/m0/s1. The minimum atomic E-state index is -3.01. The van der Waals surface area contributed by atoms with Crippen molar-refractivity contribution < 1.29 is 13.2 Å². The highest BCUT2D eigenvalue weighted by Gasteiger charge is 2.32. The summed E-state index contributed by atoms with van der Waals surface area (Å²) in [4.78, 5) is 17.6. The first-order chi connectivity index (χ1) is 13.9. The molecule has 0 spiro atoms. The molecule has 0 aromatic carbocycles. The second-order valence-electron chi connectivity index (χ2n) is 8.85. The Balaban J connectivity index is 1.36. The Morgan fingerprint density at radius 3 is 2.69 bits per heavy atom. The van der Waals surface area contributed by atoms with Crippen LogP contribution in [0.2, 0.25) is 0 Å². The fourth-order valence-corrected chi connectivity index (χ4v) is 6.67. The number of anilines is 1. The molecule has 162 valence electrons. The molecule has 1 aromatic rings. The van der Waals surface area contributed by atoms with Gasteiger partial charge in [-0.1, -0.05) is 6.42 Å². The smallest absolute Gasteiger partial charge is 0.239 e. The number of rotatable bonds is 6. The van der Waals surface area contributed by atoms with Crippen molar-refractivity contribution in [3.8, 4) is 0 Å². The maximum absolute atomic E-state index is 12.8. The van der Waals surface area contributed by atoms with Gasteiger partial charge in [-0.3, -0.25) is 9.69 Å². The molecule has 3 saturated heterocycles. The lowest BCUT2D eigenvalue weighted by Gasteiger charge is -2.32. The van der Waals surface area contributed by atoms with Gasteiger partial charge in [-0.2, -0.15) is 5.10 Å². The van der Waals surface area contributed by atoms with Crippen molar-refractivity contribution in [2.24, 2.45) is 0 Å². The van der Waals surface area contributed by atoms with Gasteiger partial charge >= 0.3 is 0 Å². The number of aryl methyl sites for hydroxylation is 1. The Morgan fingerprint density at radius 1 is 1.17 bits per heavy atom. The van der Waals surface area contributed by atoms with E-state index in [1.165, 1.54) is 32.4 Å². The van der Waals surface area contributed by atoms with Gasteiger partial charge in [0.25, 0.3) is 0 Å². The van der Waals surface area contributed by atoms with Crippen LogP contribution in [0.4, 0.5) is 5.82 Å². The van der Waals surface area contributed by atoms with Crippen LogP contribution < -0.4 is 5.32 Å².